The first-order chi connectivity index (χ1) is 24.6. The minimum Gasteiger partial charge on any atom is -0.377 e. The number of nitro groups is 2. The van der Waals surface area contributed by atoms with E-state index in [9.17, 15) is 60.6 Å². The maximum absolute atomic E-state index is 13.5. The Morgan fingerprint density at radius 2 is 1.15 bits per heavy atom. The predicted octanol–water partition coefficient (Wildman–Crippen LogP) is 0.584. The Morgan fingerprint density at radius 3 is 1.55 bits per heavy atom. The minimum absolute atomic E-state index is 0.0461. The van der Waals surface area contributed by atoms with Crippen LogP contribution >= 0.6 is 0 Å². The molecule has 0 atom stereocenters. The highest BCUT2D eigenvalue weighted by molar-refractivity contribution is 7.91. The smallest absolute Gasteiger partial charge is 0.348 e. The number of fused-ring (bicyclic) bond motifs is 2. The quantitative estimate of drug-likeness (QED) is 0.105. The number of rotatable bonds is 8. The number of H-pyrrole nitrogens is 2. The summed E-state index contributed by atoms with van der Waals surface area (Å²) in [4.78, 5) is 76.2. The van der Waals surface area contributed by atoms with Crippen molar-refractivity contribution in [2.75, 3.05) is 27.5 Å². The molecule has 25 heteroatoms. The Balaban J connectivity index is 0.000000207. The maximum atomic E-state index is 13.5. The van der Waals surface area contributed by atoms with Gasteiger partial charge in [-0.1, -0.05) is 25.7 Å². The van der Waals surface area contributed by atoms with Crippen molar-refractivity contribution in [2.45, 2.75) is 63.5 Å². The lowest BCUT2D eigenvalue weighted by molar-refractivity contribution is -0.387. The molecule has 2 aliphatic carbocycles. The van der Waals surface area contributed by atoms with Crippen LogP contribution in [0.25, 0.3) is 21.8 Å². The van der Waals surface area contributed by atoms with Crippen LogP contribution in [0.1, 0.15) is 51.4 Å². The Kier molecular flexibility index (Phi) is 12.0. The summed E-state index contributed by atoms with van der Waals surface area (Å²) in [5, 5.41) is 24.6. The summed E-state index contributed by atoms with van der Waals surface area (Å²) in [5.41, 5.74) is -0.124. The summed E-state index contributed by atoms with van der Waals surface area (Å²) >= 11 is 0. The Bertz CT molecular complexity index is 2540. The summed E-state index contributed by atoms with van der Waals surface area (Å²) in [7, 11) is -7.80. The van der Waals surface area contributed by atoms with E-state index in [0.29, 0.717) is 29.1 Å². The fraction of sp³-hybridized carbons (Fsp3) is 0.429. The van der Waals surface area contributed by atoms with Crippen LogP contribution in [0.2, 0.25) is 0 Å². The molecule has 2 heterocycles. The molecule has 2 aliphatic rings. The zero-order valence-corrected chi connectivity index (χ0v) is 29.7. The van der Waals surface area contributed by atoms with Gasteiger partial charge in [-0.2, -0.15) is 13.7 Å². The first-order valence-corrected chi connectivity index (χ1v) is 19.5. The fourth-order valence-corrected chi connectivity index (χ4v) is 6.62. The monoisotopic (exact) mass is 786 g/mol. The number of nitro benzene ring substituents is 2. The summed E-state index contributed by atoms with van der Waals surface area (Å²) in [6.45, 7) is 0. The summed E-state index contributed by atoms with van der Waals surface area (Å²) in [5.74, 6) is -1.29. The molecule has 288 valence electrons. The van der Waals surface area contributed by atoms with Crippen LogP contribution in [-0.4, -0.2) is 70.6 Å². The SMILES string of the molecule is CS(=O)(=O)Nn1c(=O)[nH]c2cc([N+](=O)[O-])c(F)cc2c1=O.CS(=O)(=O)Nn1c(=O)[nH]c2cc([N+](=O)[O-])c(NC3CCCC3)cc2c1=O.NC1CCCC1. The van der Waals surface area contributed by atoms with Gasteiger partial charge < -0.3 is 21.0 Å². The highest BCUT2D eigenvalue weighted by Crippen LogP contribution is 2.31. The van der Waals surface area contributed by atoms with Gasteiger partial charge in [-0.3, -0.25) is 29.8 Å². The van der Waals surface area contributed by atoms with Gasteiger partial charge in [0.15, 0.2) is 0 Å². The molecule has 0 aliphatic heterocycles. The van der Waals surface area contributed by atoms with Gasteiger partial charge in [-0.15, -0.1) is 0 Å². The standard InChI is InChI=1S/C14H17N5O6S.C9H7FN4O6S.C5H11N/c1-26(24,25)17-18-13(20)9-6-11(15-8-4-2-3-5-8)12(19(22)23)7-10(9)16-14(18)21;1-21(19,20)12-13-8(15)4-2-5(10)7(14(17)18)3-6(4)11-9(13)16;6-5-3-1-2-4-5/h6-8,15,17H,2-5H2,1H3,(H,16,21);2-3,12H,1H3,(H,11,16);5H,1-4,6H2. The van der Waals surface area contributed by atoms with E-state index >= 15 is 0 Å². The number of benzene rings is 2. The number of nitrogens with one attached hydrogen (secondary N) is 5. The number of nitrogens with zero attached hydrogens (tertiary/aromatic N) is 4. The molecule has 6 rings (SSSR count). The van der Waals surface area contributed by atoms with Gasteiger partial charge >= 0.3 is 17.1 Å². The van der Waals surface area contributed by atoms with E-state index in [1.807, 2.05) is 4.83 Å². The molecule has 4 aromatic rings. The first-order valence-electron chi connectivity index (χ1n) is 15.7. The second-order valence-corrected chi connectivity index (χ2v) is 15.8. The van der Waals surface area contributed by atoms with Crippen molar-refractivity contribution in [3.05, 3.63) is 92.0 Å². The molecule has 0 spiro atoms. The number of hydrogen-bond acceptors (Lipinski definition) is 14. The zero-order valence-electron chi connectivity index (χ0n) is 28.1. The van der Waals surface area contributed by atoms with Crippen molar-refractivity contribution in [3.8, 4) is 0 Å². The van der Waals surface area contributed by atoms with Crippen LogP contribution in [0.15, 0.2) is 43.4 Å². The van der Waals surface area contributed by atoms with Crippen molar-refractivity contribution >= 4 is 58.9 Å². The second-order valence-electron chi connectivity index (χ2n) is 12.3. The fourth-order valence-electron chi connectivity index (χ4n) is 5.63. The molecule has 0 unspecified atom stereocenters. The molecule has 2 fully saturated rings. The van der Waals surface area contributed by atoms with E-state index in [1.54, 1.807) is 4.83 Å². The van der Waals surface area contributed by atoms with Crippen LogP contribution in [-0.2, 0) is 20.0 Å². The Hall–Kier alpha value is -5.69. The number of sulfonamides is 2. The third-order valence-electron chi connectivity index (χ3n) is 8.00. The summed E-state index contributed by atoms with van der Waals surface area (Å²) in [6, 6.07) is 4.20. The molecule has 2 aromatic carbocycles. The normalized spacial score (nSPS) is 14.9. The topological polar surface area (TPSA) is 326 Å². The van der Waals surface area contributed by atoms with Crippen molar-refractivity contribution in [1.82, 2.24) is 19.3 Å². The van der Waals surface area contributed by atoms with Crippen molar-refractivity contribution in [2.24, 2.45) is 5.73 Å². The van der Waals surface area contributed by atoms with Crippen molar-refractivity contribution < 1.29 is 31.1 Å². The molecule has 0 radical (unpaired) electrons. The largest absolute Gasteiger partial charge is 0.377 e. The molecular formula is C28H35FN10O12S2. The van der Waals surface area contributed by atoms with Crippen LogP contribution in [0, 0.1) is 26.0 Å². The van der Waals surface area contributed by atoms with E-state index in [1.165, 1.54) is 31.7 Å². The molecular weight excluding hydrogens is 751 g/mol. The molecule has 0 saturated heterocycles. The average Bonchev–Trinajstić information content (AvgIpc) is 3.75. The van der Waals surface area contributed by atoms with Crippen molar-refractivity contribution in [1.29, 1.82) is 0 Å². The first kappa shape index (κ1) is 40.1. The van der Waals surface area contributed by atoms with Crippen LogP contribution < -0.4 is 43.2 Å². The number of aromatic nitrogens is 4. The van der Waals surface area contributed by atoms with E-state index in [2.05, 4.69) is 15.3 Å². The molecule has 2 saturated carbocycles. The lowest BCUT2D eigenvalue weighted by Gasteiger charge is -2.14. The third-order valence-corrected chi connectivity index (χ3v) is 9.03. The minimum atomic E-state index is -3.93. The molecule has 22 nitrogen and oxygen atoms in total. The van der Waals surface area contributed by atoms with E-state index in [0.717, 1.165) is 38.0 Å². The summed E-state index contributed by atoms with van der Waals surface area (Å²) in [6.07, 6.45) is 10.5. The van der Waals surface area contributed by atoms with Crippen LogP contribution in [0.3, 0.4) is 0 Å². The molecule has 2 aromatic heterocycles. The van der Waals surface area contributed by atoms with Gasteiger partial charge in [0.2, 0.25) is 25.9 Å². The van der Waals surface area contributed by atoms with E-state index < -0.39 is 69.3 Å². The summed E-state index contributed by atoms with van der Waals surface area (Å²) < 4.78 is 58.8. The number of halogens is 1. The second kappa shape index (κ2) is 15.9. The van der Waals surface area contributed by atoms with Crippen LogP contribution in [0.5, 0.6) is 0 Å². The number of hydrogen-bond donors (Lipinski definition) is 6. The third kappa shape index (κ3) is 10.2. The van der Waals surface area contributed by atoms with Gasteiger partial charge in [0.05, 0.1) is 44.2 Å². The molecule has 7 N–H and O–H groups in total. The Morgan fingerprint density at radius 1 is 0.736 bits per heavy atom. The van der Waals surface area contributed by atoms with Gasteiger partial charge in [-0.25, -0.2) is 36.1 Å². The lowest BCUT2D eigenvalue weighted by atomic mass is 10.1. The van der Waals surface area contributed by atoms with E-state index in [-0.39, 0.29) is 38.5 Å². The van der Waals surface area contributed by atoms with Crippen molar-refractivity contribution in [3.63, 3.8) is 0 Å². The van der Waals surface area contributed by atoms with Gasteiger partial charge in [0, 0.05) is 24.2 Å². The zero-order chi connectivity index (χ0) is 39.4. The van der Waals surface area contributed by atoms with Gasteiger partial charge in [-0.05, 0) is 37.8 Å². The van der Waals surface area contributed by atoms with Crippen LogP contribution in [0.4, 0.5) is 21.5 Å². The maximum Gasteiger partial charge on any atom is 0.348 e. The lowest BCUT2D eigenvalue weighted by Crippen LogP contribution is -2.43. The van der Waals surface area contributed by atoms with E-state index in [4.69, 9.17) is 5.73 Å². The number of nitrogens with two attached hydrogens (primary N) is 1. The van der Waals surface area contributed by atoms with Gasteiger partial charge in [0.25, 0.3) is 16.8 Å². The average molecular weight is 787 g/mol. The molecule has 53 heavy (non-hydrogen) atoms. The molecule has 0 bridgehead atoms. The highest BCUT2D eigenvalue weighted by Gasteiger charge is 2.23. The highest BCUT2D eigenvalue weighted by atomic mass is 32.2. The number of anilines is 1. The Labute approximate surface area is 297 Å². The predicted molar refractivity (Wildman–Crippen MR) is 192 cm³/mol. The molecule has 0 amide bonds. The van der Waals surface area contributed by atoms with Gasteiger partial charge in [0.1, 0.15) is 5.69 Å². The number of aromatic amines is 2.